The van der Waals surface area contributed by atoms with Crippen molar-refractivity contribution in [1.82, 2.24) is 10.4 Å². The number of halogens is 3. The van der Waals surface area contributed by atoms with Crippen LogP contribution in [-0.4, -0.2) is 52.4 Å². The third-order valence-electron chi connectivity index (χ3n) is 5.05. The van der Waals surface area contributed by atoms with Crippen molar-refractivity contribution in [3.8, 4) is 0 Å². The smallest absolute Gasteiger partial charge is 0.425 e. The summed E-state index contributed by atoms with van der Waals surface area (Å²) in [5.41, 5.74) is 1.65. The van der Waals surface area contributed by atoms with Crippen LogP contribution in [0.5, 0.6) is 0 Å². The van der Waals surface area contributed by atoms with Crippen LogP contribution < -0.4 is 5.43 Å². The second kappa shape index (κ2) is 12.6. The van der Waals surface area contributed by atoms with Gasteiger partial charge in [-0.3, -0.25) is 4.79 Å². The first-order chi connectivity index (χ1) is 17.2. The molecule has 0 heterocycles. The predicted octanol–water partition coefficient (Wildman–Crippen LogP) is 4.62. The highest BCUT2D eigenvalue weighted by Crippen LogP contribution is 2.29. The first kappa shape index (κ1) is 29.6. The zero-order chi connectivity index (χ0) is 27.8. The molecule has 0 fully saturated rings. The average Bonchev–Trinajstić information content (AvgIpc) is 2.79. The van der Waals surface area contributed by atoms with E-state index >= 15 is 0 Å². The van der Waals surface area contributed by atoms with Crippen LogP contribution in [0.25, 0.3) is 0 Å². The number of ether oxygens (including phenoxy) is 2. The van der Waals surface area contributed by atoms with Crippen molar-refractivity contribution in [3.63, 3.8) is 0 Å². The number of hydrazine groups is 1. The standard InChI is InChI=1S/C26H31F3N2O6/c1-5-36-23(34)21(16-17-9-7-6-8-10-17)31(24(35)37-25(2,3)4)30-20(22(32)33)15-18-11-13-19(14-12-18)26(27,28)29/h6-14,20-21,30H,5,15-16H2,1-4H3,(H,32,33)/t20-,21-/m0/s1. The molecule has 8 nitrogen and oxygen atoms in total. The van der Waals surface area contributed by atoms with Crippen LogP contribution in [0.3, 0.4) is 0 Å². The zero-order valence-electron chi connectivity index (χ0n) is 21.0. The summed E-state index contributed by atoms with van der Waals surface area (Å²) in [5.74, 6) is -2.18. The Bertz CT molecular complexity index is 1050. The first-order valence-electron chi connectivity index (χ1n) is 11.6. The molecule has 0 aliphatic carbocycles. The summed E-state index contributed by atoms with van der Waals surface area (Å²) in [6, 6.07) is 9.94. The Morgan fingerprint density at radius 1 is 0.946 bits per heavy atom. The number of amides is 1. The molecule has 0 aliphatic rings. The average molecular weight is 525 g/mol. The number of rotatable bonds is 10. The van der Waals surface area contributed by atoms with E-state index in [1.807, 2.05) is 0 Å². The summed E-state index contributed by atoms with van der Waals surface area (Å²) >= 11 is 0. The molecule has 11 heteroatoms. The lowest BCUT2D eigenvalue weighted by molar-refractivity contribution is -0.153. The van der Waals surface area contributed by atoms with Gasteiger partial charge in [0.1, 0.15) is 11.6 Å². The maximum atomic E-state index is 13.2. The van der Waals surface area contributed by atoms with Gasteiger partial charge in [0, 0.05) is 12.8 Å². The van der Waals surface area contributed by atoms with Crippen LogP contribution in [0.2, 0.25) is 0 Å². The number of carbonyl (C=O) groups is 3. The number of benzene rings is 2. The van der Waals surface area contributed by atoms with Crippen molar-refractivity contribution in [3.05, 3.63) is 71.3 Å². The molecule has 2 atom stereocenters. The Labute approximate surface area is 213 Å². The van der Waals surface area contributed by atoms with Crippen LogP contribution in [-0.2, 0) is 38.1 Å². The second-order valence-electron chi connectivity index (χ2n) is 9.23. The predicted molar refractivity (Wildman–Crippen MR) is 128 cm³/mol. The van der Waals surface area contributed by atoms with E-state index in [1.165, 1.54) is 0 Å². The van der Waals surface area contributed by atoms with Crippen LogP contribution in [0.1, 0.15) is 44.4 Å². The van der Waals surface area contributed by atoms with Gasteiger partial charge in [0.25, 0.3) is 0 Å². The second-order valence-corrected chi connectivity index (χ2v) is 9.23. The minimum absolute atomic E-state index is 0.0141. The van der Waals surface area contributed by atoms with Crippen molar-refractivity contribution < 1.29 is 42.1 Å². The largest absolute Gasteiger partial charge is 0.480 e. The van der Waals surface area contributed by atoms with Gasteiger partial charge >= 0.3 is 24.2 Å². The number of carboxylic acid groups (broad SMARTS) is 1. The number of aliphatic carboxylic acids is 1. The van der Waals surface area contributed by atoms with Gasteiger partial charge in [0.2, 0.25) is 0 Å². The van der Waals surface area contributed by atoms with E-state index in [9.17, 15) is 32.7 Å². The topological polar surface area (TPSA) is 105 Å². The van der Waals surface area contributed by atoms with Gasteiger partial charge in [-0.2, -0.15) is 13.2 Å². The maximum absolute atomic E-state index is 13.2. The van der Waals surface area contributed by atoms with Crippen molar-refractivity contribution in [2.45, 2.75) is 64.4 Å². The summed E-state index contributed by atoms with van der Waals surface area (Å²) in [6.07, 6.45) is -5.85. The van der Waals surface area contributed by atoms with Crippen molar-refractivity contribution in [1.29, 1.82) is 0 Å². The highest BCUT2D eigenvalue weighted by molar-refractivity contribution is 5.82. The molecule has 1 amide bonds. The molecule has 0 aromatic heterocycles. The molecule has 202 valence electrons. The molecule has 0 aliphatic heterocycles. The lowest BCUT2D eigenvalue weighted by Crippen LogP contribution is -2.60. The highest BCUT2D eigenvalue weighted by Gasteiger charge is 2.37. The molecule has 0 unspecified atom stereocenters. The number of hydrogen-bond acceptors (Lipinski definition) is 6. The van der Waals surface area contributed by atoms with Crippen LogP contribution in [0.4, 0.5) is 18.0 Å². The number of hydrogen-bond donors (Lipinski definition) is 2. The van der Waals surface area contributed by atoms with E-state index < -0.39 is 47.5 Å². The van der Waals surface area contributed by atoms with Crippen molar-refractivity contribution in [2.24, 2.45) is 0 Å². The minimum Gasteiger partial charge on any atom is -0.480 e. The van der Waals surface area contributed by atoms with Gasteiger partial charge in [-0.15, -0.1) is 0 Å². The minimum atomic E-state index is -4.54. The Morgan fingerprint density at radius 3 is 2.00 bits per heavy atom. The van der Waals surface area contributed by atoms with Crippen molar-refractivity contribution in [2.75, 3.05) is 6.61 Å². The van der Waals surface area contributed by atoms with E-state index in [0.29, 0.717) is 5.56 Å². The van der Waals surface area contributed by atoms with Crippen LogP contribution in [0.15, 0.2) is 54.6 Å². The normalized spacial score (nSPS) is 13.4. The first-order valence-corrected chi connectivity index (χ1v) is 11.6. The molecule has 37 heavy (non-hydrogen) atoms. The van der Waals surface area contributed by atoms with E-state index in [1.54, 1.807) is 58.0 Å². The van der Waals surface area contributed by atoms with Gasteiger partial charge < -0.3 is 14.6 Å². The van der Waals surface area contributed by atoms with E-state index in [-0.39, 0.29) is 25.0 Å². The molecule has 2 aromatic rings. The highest BCUT2D eigenvalue weighted by atomic mass is 19.4. The summed E-state index contributed by atoms with van der Waals surface area (Å²) in [4.78, 5) is 38.2. The number of carboxylic acids is 1. The van der Waals surface area contributed by atoms with Gasteiger partial charge in [-0.1, -0.05) is 42.5 Å². The maximum Gasteiger partial charge on any atom is 0.425 e. The summed E-state index contributed by atoms with van der Waals surface area (Å²) in [7, 11) is 0. The summed E-state index contributed by atoms with van der Waals surface area (Å²) in [5, 5.41) is 10.6. The summed E-state index contributed by atoms with van der Waals surface area (Å²) < 4.78 is 49.3. The SMILES string of the molecule is CCOC(=O)[C@H](Cc1ccccc1)N(N[C@@H](Cc1ccc(C(F)(F)F)cc1)C(=O)O)C(=O)OC(C)(C)C. The van der Waals surface area contributed by atoms with E-state index in [0.717, 1.165) is 29.3 Å². The molecule has 2 rings (SSSR count). The number of esters is 1. The number of carbonyl (C=O) groups excluding carboxylic acids is 2. The Kier molecular flexibility index (Phi) is 10.1. The fourth-order valence-electron chi connectivity index (χ4n) is 3.36. The Balaban J connectivity index is 2.42. The van der Waals surface area contributed by atoms with Crippen LogP contribution >= 0.6 is 0 Å². The fourth-order valence-corrected chi connectivity index (χ4v) is 3.36. The van der Waals surface area contributed by atoms with Gasteiger partial charge in [0.15, 0.2) is 6.04 Å². The van der Waals surface area contributed by atoms with E-state index in [4.69, 9.17) is 9.47 Å². The fraction of sp³-hybridized carbons (Fsp3) is 0.423. The van der Waals surface area contributed by atoms with Gasteiger partial charge in [0.05, 0.1) is 12.2 Å². The molecule has 0 spiro atoms. The van der Waals surface area contributed by atoms with Crippen LogP contribution in [0, 0.1) is 0 Å². The number of nitrogens with zero attached hydrogens (tertiary/aromatic N) is 1. The van der Waals surface area contributed by atoms with Gasteiger partial charge in [-0.05, 0) is 51.0 Å². The molecule has 0 bridgehead atoms. The molecule has 0 saturated heterocycles. The lowest BCUT2D eigenvalue weighted by atomic mass is 10.0. The lowest BCUT2D eigenvalue weighted by Gasteiger charge is -2.34. The van der Waals surface area contributed by atoms with E-state index in [2.05, 4.69) is 5.43 Å². The van der Waals surface area contributed by atoms with Crippen molar-refractivity contribution >= 4 is 18.0 Å². The molecular weight excluding hydrogens is 493 g/mol. The molecule has 2 N–H and O–H groups in total. The number of nitrogens with one attached hydrogen (secondary N) is 1. The number of alkyl halides is 3. The monoisotopic (exact) mass is 524 g/mol. The Morgan fingerprint density at radius 2 is 1.51 bits per heavy atom. The third kappa shape index (κ3) is 9.41. The quantitative estimate of drug-likeness (QED) is 0.345. The molecule has 0 saturated carbocycles. The zero-order valence-corrected chi connectivity index (χ0v) is 21.0. The Hall–Kier alpha value is -3.60. The van der Waals surface area contributed by atoms with Gasteiger partial charge in [-0.25, -0.2) is 20.0 Å². The third-order valence-corrected chi connectivity index (χ3v) is 5.05. The summed E-state index contributed by atoms with van der Waals surface area (Å²) in [6.45, 7) is 6.43. The molecule has 0 radical (unpaired) electrons. The molecular formula is C26H31F3N2O6. The molecule has 2 aromatic carbocycles.